The van der Waals surface area contributed by atoms with Crippen LogP contribution in [-0.4, -0.2) is 40.6 Å². The molecule has 1 N–H and O–H groups in total. The second kappa shape index (κ2) is 7.49. The molecule has 0 spiro atoms. The number of nitrogens with zero attached hydrogens (tertiary/aromatic N) is 2. The van der Waals surface area contributed by atoms with Gasteiger partial charge in [-0.05, 0) is 35.1 Å². The number of likely N-dealkylation sites (tertiary alicyclic amines) is 1. The molecule has 1 aromatic carbocycles. The zero-order chi connectivity index (χ0) is 17.0. The van der Waals surface area contributed by atoms with Crippen LogP contribution in [-0.2, 0) is 9.59 Å². The molecule has 122 valence electrons. The van der Waals surface area contributed by atoms with Crippen LogP contribution in [0.1, 0.15) is 29.6 Å². The number of carbonyl (C=O) groups excluding carboxylic acids is 3. The van der Waals surface area contributed by atoms with Gasteiger partial charge >= 0.3 is 0 Å². The van der Waals surface area contributed by atoms with E-state index in [4.69, 9.17) is 0 Å². The van der Waals surface area contributed by atoms with Crippen molar-refractivity contribution in [3.8, 4) is 0 Å². The van der Waals surface area contributed by atoms with Gasteiger partial charge in [-0.3, -0.25) is 29.4 Å². The first-order valence-corrected chi connectivity index (χ1v) is 8.03. The Morgan fingerprint density at radius 2 is 1.96 bits per heavy atom. The number of nitro benzene ring substituents is 1. The van der Waals surface area contributed by atoms with Crippen LogP contribution >= 0.6 is 22.6 Å². The SMILES string of the molecule is O=C(NCCCN1C(=O)CCC1=O)c1cc([N+](=O)[O-])ccc1I. The highest BCUT2D eigenvalue weighted by molar-refractivity contribution is 14.1. The Hall–Kier alpha value is -2.04. The lowest BCUT2D eigenvalue weighted by Gasteiger charge is -2.13. The van der Waals surface area contributed by atoms with Gasteiger partial charge in [0, 0.05) is 41.6 Å². The molecule has 0 unspecified atom stereocenters. The predicted octanol–water partition coefficient (Wildman–Crippen LogP) is 1.47. The summed E-state index contributed by atoms with van der Waals surface area (Å²) < 4.78 is 0.607. The van der Waals surface area contributed by atoms with Crippen molar-refractivity contribution in [3.63, 3.8) is 0 Å². The van der Waals surface area contributed by atoms with Gasteiger partial charge in [0.05, 0.1) is 10.5 Å². The minimum absolute atomic E-state index is 0.149. The van der Waals surface area contributed by atoms with Crippen molar-refractivity contribution < 1.29 is 19.3 Å². The summed E-state index contributed by atoms with van der Waals surface area (Å²) in [7, 11) is 0. The minimum Gasteiger partial charge on any atom is -0.352 e. The Kier molecular flexibility index (Phi) is 5.64. The van der Waals surface area contributed by atoms with Gasteiger partial charge in [-0.1, -0.05) is 0 Å². The lowest BCUT2D eigenvalue weighted by molar-refractivity contribution is -0.384. The molecule has 2 rings (SSSR count). The zero-order valence-corrected chi connectivity index (χ0v) is 14.2. The molecule has 0 aromatic heterocycles. The summed E-state index contributed by atoms with van der Waals surface area (Å²) in [6.45, 7) is 0.540. The van der Waals surface area contributed by atoms with Crippen molar-refractivity contribution >= 4 is 46.0 Å². The third kappa shape index (κ3) is 4.24. The quantitative estimate of drug-likeness (QED) is 0.241. The van der Waals surface area contributed by atoms with E-state index in [1.807, 2.05) is 22.6 Å². The van der Waals surface area contributed by atoms with E-state index in [1.54, 1.807) is 0 Å². The number of halogens is 1. The lowest BCUT2D eigenvalue weighted by Crippen LogP contribution is -2.33. The topological polar surface area (TPSA) is 110 Å². The first-order chi connectivity index (χ1) is 10.9. The fourth-order valence-corrected chi connectivity index (χ4v) is 2.79. The maximum Gasteiger partial charge on any atom is 0.270 e. The van der Waals surface area contributed by atoms with Crippen molar-refractivity contribution in [2.75, 3.05) is 13.1 Å². The predicted molar refractivity (Wildman–Crippen MR) is 88.7 cm³/mol. The van der Waals surface area contributed by atoms with Crippen LogP contribution in [0.5, 0.6) is 0 Å². The normalized spacial score (nSPS) is 14.2. The Labute approximate surface area is 145 Å². The molecule has 0 bridgehead atoms. The average Bonchev–Trinajstić information content (AvgIpc) is 2.82. The fourth-order valence-electron chi connectivity index (χ4n) is 2.21. The largest absolute Gasteiger partial charge is 0.352 e. The van der Waals surface area contributed by atoms with E-state index in [1.165, 1.54) is 23.1 Å². The van der Waals surface area contributed by atoms with Gasteiger partial charge in [0.1, 0.15) is 0 Å². The molecule has 1 aromatic rings. The molecule has 1 fully saturated rings. The van der Waals surface area contributed by atoms with Gasteiger partial charge in [-0.25, -0.2) is 0 Å². The molecule has 0 atom stereocenters. The summed E-state index contributed by atoms with van der Waals surface area (Å²) in [4.78, 5) is 46.3. The average molecular weight is 431 g/mol. The summed E-state index contributed by atoms with van der Waals surface area (Å²) >= 11 is 1.93. The highest BCUT2D eigenvalue weighted by Crippen LogP contribution is 2.19. The molecule has 1 aliphatic rings. The number of nitrogens with one attached hydrogen (secondary N) is 1. The third-order valence-electron chi connectivity index (χ3n) is 3.40. The van der Waals surface area contributed by atoms with E-state index >= 15 is 0 Å². The maximum absolute atomic E-state index is 12.1. The van der Waals surface area contributed by atoms with E-state index in [-0.39, 0.29) is 49.0 Å². The molecular formula is C14H14IN3O5. The highest BCUT2D eigenvalue weighted by atomic mass is 127. The standard InChI is InChI=1S/C14H14IN3O5/c15-11-3-2-9(18(22)23)8-10(11)14(21)16-6-1-7-17-12(19)4-5-13(17)20/h2-3,8H,1,4-7H2,(H,16,21). The number of non-ortho nitro benzene ring substituents is 1. The van der Waals surface area contributed by atoms with Gasteiger partial charge < -0.3 is 5.32 Å². The molecule has 3 amide bonds. The van der Waals surface area contributed by atoms with Gasteiger partial charge in [-0.15, -0.1) is 0 Å². The number of hydrogen-bond donors (Lipinski definition) is 1. The van der Waals surface area contributed by atoms with E-state index in [0.717, 1.165) is 0 Å². The van der Waals surface area contributed by atoms with Crippen molar-refractivity contribution in [2.24, 2.45) is 0 Å². The Morgan fingerprint density at radius 1 is 1.30 bits per heavy atom. The first-order valence-electron chi connectivity index (χ1n) is 6.95. The Bertz CT molecular complexity index is 660. The number of rotatable bonds is 6. The lowest BCUT2D eigenvalue weighted by atomic mass is 10.2. The summed E-state index contributed by atoms with van der Waals surface area (Å²) in [5.74, 6) is -0.790. The molecule has 0 radical (unpaired) electrons. The van der Waals surface area contributed by atoms with Crippen LogP contribution in [0, 0.1) is 13.7 Å². The van der Waals surface area contributed by atoms with Crippen LogP contribution in [0.25, 0.3) is 0 Å². The molecule has 23 heavy (non-hydrogen) atoms. The van der Waals surface area contributed by atoms with E-state index in [9.17, 15) is 24.5 Å². The zero-order valence-electron chi connectivity index (χ0n) is 12.1. The first kappa shape index (κ1) is 17.3. The summed E-state index contributed by atoms with van der Waals surface area (Å²) in [5, 5.41) is 13.4. The molecule has 1 saturated heterocycles. The van der Waals surface area contributed by atoms with Crippen LogP contribution in [0.3, 0.4) is 0 Å². The number of benzene rings is 1. The molecule has 9 heteroatoms. The van der Waals surface area contributed by atoms with Crippen LogP contribution < -0.4 is 5.32 Å². The summed E-state index contributed by atoms with van der Waals surface area (Å²) in [5.41, 5.74) is 0.0805. The third-order valence-corrected chi connectivity index (χ3v) is 4.34. The Morgan fingerprint density at radius 3 is 2.57 bits per heavy atom. The van der Waals surface area contributed by atoms with Crippen LogP contribution in [0.4, 0.5) is 5.69 Å². The highest BCUT2D eigenvalue weighted by Gasteiger charge is 2.28. The number of imide groups is 1. The van der Waals surface area contributed by atoms with Gasteiger partial charge in [0.25, 0.3) is 11.6 Å². The number of nitro groups is 1. The molecule has 1 aliphatic heterocycles. The van der Waals surface area contributed by atoms with E-state index in [2.05, 4.69) is 5.32 Å². The second-order valence-electron chi connectivity index (χ2n) is 4.97. The smallest absolute Gasteiger partial charge is 0.270 e. The molecular weight excluding hydrogens is 417 g/mol. The fraction of sp³-hybridized carbons (Fsp3) is 0.357. The monoisotopic (exact) mass is 431 g/mol. The van der Waals surface area contributed by atoms with Gasteiger partial charge in [-0.2, -0.15) is 0 Å². The summed E-state index contributed by atoms with van der Waals surface area (Å²) in [6.07, 6.45) is 0.933. The van der Waals surface area contributed by atoms with Gasteiger partial charge in [0.2, 0.25) is 11.8 Å². The molecule has 0 aliphatic carbocycles. The Balaban J connectivity index is 1.88. The second-order valence-corrected chi connectivity index (χ2v) is 6.13. The number of carbonyl (C=O) groups is 3. The summed E-state index contributed by atoms with van der Waals surface area (Å²) in [6, 6.07) is 4.07. The number of hydrogen-bond acceptors (Lipinski definition) is 5. The van der Waals surface area contributed by atoms with Gasteiger partial charge in [0.15, 0.2) is 0 Å². The maximum atomic E-state index is 12.1. The molecule has 8 nitrogen and oxygen atoms in total. The molecule has 1 heterocycles. The minimum atomic E-state index is -0.558. The van der Waals surface area contributed by atoms with Crippen molar-refractivity contribution in [1.82, 2.24) is 10.2 Å². The van der Waals surface area contributed by atoms with E-state index in [0.29, 0.717) is 9.99 Å². The van der Waals surface area contributed by atoms with Crippen molar-refractivity contribution in [1.29, 1.82) is 0 Å². The number of amides is 3. The van der Waals surface area contributed by atoms with Crippen LogP contribution in [0.2, 0.25) is 0 Å². The van der Waals surface area contributed by atoms with Crippen molar-refractivity contribution in [3.05, 3.63) is 37.4 Å². The van der Waals surface area contributed by atoms with Crippen molar-refractivity contribution in [2.45, 2.75) is 19.3 Å². The molecule has 0 saturated carbocycles. The van der Waals surface area contributed by atoms with Crippen LogP contribution in [0.15, 0.2) is 18.2 Å². The van der Waals surface area contributed by atoms with E-state index < -0.39 is 10.8 Å².